The number of aryl methyl sites for hydroxylation is 1. The van der Waals surface area contributed by atoms with E-state index in [0.717, 1.165) is 37.9 Å². The number of hydrogen-bond acceptors (Lipinski definition) is 7. The lowest BCUT2D eigenvalue weighted by atomic mass is 10.1. The van der Waals surface area contributed by atoms with Crippen molar-refractivity contribution >= 4 is 11.8 Å². The van der Waals surface area contributed by atoms with Crippen molar-refractivity contribution in [2.75, 3.05) is 0 Å². The number of aromatic nitrogens is 4. The molecule has 3 aromatic heterocycles. The average Bonchev–Trinajstić information content (AvgIpc) is 3.58. The van der Waals surface area contributed by atoms with Gasteiger partial charge in [-0.15, -0.1) is 10.2 Å². The van der Waals surface area contributed by atoms with Crippen LogP contribution in [-0.2, 0) is 22.7 Å². The summed E-state index contributed by atoms with van der Waals surface area (Å²) in [5.74, 6) is 1.72. The molecule has 1 aliphatic carbocycles. The number of tetrazole rings is 1. The molecule has 176 valence electrons. The monoisotopic (exact) mass is 454 g/mol. The molecule has 0 aromatic carbocycles. The van der Waals surface area contributed by atoms with E-state index in [-0.39, 0.29) is 30.9 Å². The second-order valence-electron chi connectivity index (χ2n) is 8.45. The van der Waals surface area contributed by atoms with Crippen LogP contribution in [0.3, 0.4) is 0 Å². The summed E-state index contributed by atoms with van der Waals surface area (Å²) in [4.78, 5) is 29.4. The smallest absolute Gasteiger partial charge is 0.247 e. The molecule has 1 N–H and O–H groups in total. The number of carbonyl (C=O) groups excluding carboxylic acids is 2. The van der Waals surface area contributed by atoms with Crippen LogP contribution in [0.4, 0.5) is 0 Å². The lowest BCUT2D eigenvalue weighted by Gasteiger charge is -2.31. The van der Waals surface area contributed by atoms with Crippen LogP contribution >= 0.6 is 0 Å². The maximum absolute atomic E-state index is 13.4. The van der Waals surface area contributed by atoms with Gasteiger partial charge in [0.25, 0.3) is 0 Å². The standard InChI is InChI=1S/C23H30N6O4/c1-3-7-19(23(31)24-17-8-4-5-9-17)28(14-18-10-6-13-32-18)21(30)15-29-26-22(25-27-29)20-12-11-16(2)33-20/h6,10-13,17,19H,3-5,7-9,14-15H2,1-2H3,(H,24,31). The lowest BCUT2D eigenvalue weighted by molar-refractivity contribution is -0.143. The predicted octanol–water partition coefficient (Wildman–Crippen LogP) is 3.09. The van der Waals surface area contributed by atoms with E-state index in [1.165, 1.54) is 4.80 Å². The molecule has 10 nitrogen and oxygen atoms in total. The third-order valence-corrected chi connectivity index (χ3v) is 5.86. The molecule has 4 rings (SSSR count). The number of hydrogen-bond donors (Lipinski definition) is 1. The van der Waals surface area contributed by atoms with Crippen molar-refractivity contribution in [1.82, 2.24) is 30.4 Å². The number of rotatable bonds is 10. The van der Waals surface area contributed by atoms with Crippen molar-refractivity contribution in [2.45, 2.75) is 77.5 Å². The molecule has 1 atom stereocenters. The van der Waals surface area contributed by atoms with Crippen molar-refractivity contribution < 1.29 is 18.4 Å². The minimum Gasteiger partial charge on any atom is -0.467 e. The molecule has 1 saturated carbocycles. The Balaban J connectivity index is 1.52. The van der Waals surface area contributed by atoms with Crippen LogP contribution in [0, 0.1) is 6.92 Å². The van der Waals surface area contributed by atoms with Gasteiger partial charge in [0.1, 0.15) is 24.1 Å². The Morgan fingerprint density at radius 1 is 1.27 bits per heavy atom. The summed E-state index contributed by atoms with van der Waals surface area (Å²) in [7, 11) is 0. The Morgan fingerprint density at radius 3 is 2.76 bits per heavy atom. The number of amides is 2. The van der Waals surface area contributed by atoms with Crippen molar-refractivity contribution in [3.8, 4) is 11.6 Å². The van der Waals surface area contributed by atoms with Crippen molar-refractivity contribution in [2.24, 2.45) is 0 Å². The molecular formula is C23H30N6O4. The predicted molar refractivity (Wildman–Crippen MR) is 119 cm³/mol. The minimum absolute atomic E-state index is 0.123. The summed E-state index contributed by atoms with van der Waals surface area (Å²) in [6, 6.07) is 6.69. The molecule has 0 bridgehead atoms. The SMILES string of the molecule is CCCC(C(=O)NC1CCCC1)N(Cc1ccco1)C(=O)Cn1nnc(-c2ccc(C)o2)n1. The maximum atomic E-state index is 13.4. The molecule has 0 saturated heterocycles. The maximum Gasteiger partial charge on any atom is 0.247 e. The zero-order valence-corrected chi connectivity index (χ0v) is 19.1. The van der Waals surface area contributed by atoms with Crippen LogP contribution in [0.15, 0.2) is 39.4 Å². The van der Waals surface area contributed by atoms with Crippen LogP contribution < -0.4 is 5.32 Å². The summed E-state index contributed by atoms with van der Waals surface area (Å²) in [6.07, 6.45) is 7.06. The first-order valence-electron chi connectivity index (χ1n) is 11.5. The van der Waals surface area contributed by atoms with Gasteiger partial charge in [-0.2, -0.15) is 4.80 Å². The fourth-order valence-electron chi connectivity index (χ4n) is 4.19. The van der Waals surface area contributed by atoms with E-state index in [1.807, 2.05) is 19.9 Å². The molecule has 33 heavy (non-hydrogen) atoms. The zero-order chi connectivity index (χ0) is 23.2. The highest BCUT2D eigenvalue weighted by atomic mass is 16.3. The Bertz CT molecular complexity index is 1050. The third kappa shape index (κ3) is 5.68. The van der Waals surface area contributed by atoms with Gasteiger partial charge in [0.15, 0.2) is 5.76 Å². The first kappa shape index (κ1) is 22.8. The van der Waals surface area contributed by atoms with E-state index < -0.39 is 6.04 Å². The summed E-state index contributed by atoms with van der Waals surface area (Å²) in [5, 5.41) is 15.4. The minimum atomic E-state index is -0.607. The molecule has 0 radical (unpaired) electrons. The van der Waals surface area contributed by atoms with E-state index in [4.69, 9.17) is 8.83 Å². The van der Waals surface area contributed by atoms with Gasteiger partial charge in [-0.25, -0.2) is 0 Å². The molecule has 10 heteroatoms. The summed E-state index contributed by atoms with van der Waals surface area (Å²) >= 11 is 0. The van der Waals surface area contributed by atoms with Gasteiger partial charge in [-0.05, 0) is 55.7 Å². The van der Waals surface area contributed by atoms with Crippen LogP contribution in [-0.4, -0.2) is 49.0 Å². The zero-order valence-electron chi connectivity index (χ0n) is 19.1. The molecule has 3 aromatic rings. The molecule has 0 aliphatic heterocycles. The quantitative estimate of drug-likeness (QED) is 0.500. The van der Waals surface area contributed by atoms with Crippen molar-refractivity contribution in [1.29, 1.82) is 0 Å². The Hall–Kier alpha value is -3.43. The van der Waals surface area contributed by atoms with Crippen LogP contribution in [0.1, 0.15) is 57.0 Å². The summed E-state index contributed by atoms with van der Waals surface area (Å²) < 4.78 is 11.0. The number of nitrogens with one attached hydrogen (secondary N) is 1. The molecule has 3 heterocycles. The molecule has 2 amide bonds. The summed E-state index contributed by atoms with van der Waals surface area (Å²) in [5.41, 5.74) is 0. The first-order chi connectivity index (χ1) is 16.0. The largest absolute Gasteiger partial charge is 0.467 e. The average molecular weight is 455 g/mol. The van der Waals surface area contributed by atoms with Crippen LogP contribution in [0.5, 0.6) is 0 Å². The lowest BCUT2D eigenvalue weighted by Crippen LogP contribution is -2.51. The van der Waals surface area contributed by atoms with Gasteiger partial charge in [-0.3, -0.25) is 9.59 Å². The van der Waals surface area contributed by atoms with Gasteiger partial charge in [0.2, 0.25) is 17.6 Å². The normalized spacial score (nSPS) is 15.0. The second-order valence-corrected chi connectivity index (χ2v) is 8.45. The number of carbonyl (C=O) groups is 2. The van der Waals surface area contributed by atoms with E-state index in [1.54, 1.807) is 29.4 Å². The Labute approximate surface area is 192 Å². The Kier molecular flexibility index (Phi) is 7.21. The molecular weight excluding hydrogens is 424 g/mol. The van der Waals surface area contributed by atoms with E-state index in [0.29, 0.717) is 23.8 Å². The fourth-order valence-corrected chi connectivity index (χ4v) is 4.19. The van der Waals surface area contributed by atoms with Crippen molar-refractivity contribution in [3.05, 3.63) is 42.0 Å². The molecule has 1 aliphatic rings. The molecule has 1 unspecified atom stereocenters. The van der Waals surface area contributed by atoms with Crippen LogP contribution in [0.25, 0.3) is 11.6 Å². The number of furan rings is 2. The van der Waals surface area contributed by atoms with Gasteiger partial charge >= 0.3 is 0 Å². The molecule has 1 fully saturated rings. The van der Waals surface area contributed by atoms with Gasteiger partial charge in [0, 0.05) is 6.04 Å². The highest BCUT2D eigenvalue weighted by Crippen LogP contribution is 2.20. The number of nitrogens with zero attached hydrogens (tertiary/aromatic N) is 5. The third-order valence-electron chi connectivity index (χ3n) is 5.86. The van der Waals surface area contributed by atoms with Gasteiger partial charge < -0.3 is 19.1 Å². The highest BCUT2D eigenvalue weighted by Gasteiger charge is 2.32. The van der Waals surface area contributed by atoms with E-state index >= 15 is 0 Å². The van der Waals surface area contributed by atoms with Gasteiger partial charge in [-0.1, -0.05) is 26.2 Å². The van der Waals surface area contributed by atoms with Crippen molar-refractivity contribution in [3.63, 3.8) is 0 Å². The van der Waals surface area contributed by atoms with E-state index in [9.17, 15) is 9.59 Å². The highest BCUT2D eigenvalue weighted by molar-refractivity contribution is 5.87. The van der Waals surface area contributed by atoms with Crippen LogP contribution in [0.2, 0.25) is 0 Å². The second kappa shape index (κ2) is 10.5. The Morgan fingerprint density at radius 2 is 2.09 bits per heavy atom. The summed E-state index contributed by atoms with van der Waals surface area (Å²) in [6.45, 7) is 3.87. The topological polar surface area (TPSA) is 119 Å². The van der Waals surface area contributed by atoms with E-state index in [2.05, 4.69) is 20.7 Å². The molecule has 0 spiro atoms. The fraction of sp³-hybridized carbons (Fsp3) is 0.522. The first-order valence-corrected chi connectivity index (χ1v) is 11.5. The van der Waals surface area contributed by atoms with Gasteiger partial charge in [0.05, 0.1) is 12.8 Å².